The van der Waals surface area contributed by atoms with Crippen molar-refractivity contribution in [1.82, 2.24) is 15.5 Å². The molecule has 1 saturated heterocycles. The van der Waals surface area contributed by atoms with Gasteiger partial charge < -0.3 is 15.5 Å². The third-order valence-corrected chi connectivity index (χ3v) is 2.97. The highest BCUT2D eigenvalue weighted by Gasteiger charge is 2.35. The fourth-order valence-corrected chi connectivity index (χ4v) is 1.93. The van der Waals surface area contributed by atoms with Crippen LogP contribution in [-0.2, 0) is 4.79 Å². The van der Waals surface area contributed by atoms with E-state index in [1.165, 1.54) is 0 Å². The first-order valence-corrected chi connectivity index (χ1v) is 5.51. The molecule has 1 aliphatic carbocycles. The molecule has 0 spiro atoms. The number of nitrogens with zero attached hydrogens (tertiary/aromatic N) is 1. The van der Waals surface area contributed by atoms with E-state index in [0.717, 1.165) is 25.7 Å². The van der Waals surface area contributed by atoms with Crippen LogP contribution in [0.1, 0.15) is 25.7 Å². The topological polar surface area (TPSA) is 61.4 Å². The van der Waals surface area contributed by atoms with Crippen LogP contribution in [0.2, 0.25) is 0 Å². The van der Waals surface area contributed by atoms with Crippen LogP contribution in [0.4, 0.5) is 4.79 Å². The first kappa shape index (κ1) is 10.3. The van der Waals surface area contributed by atoms with Gasteiger partial charge in [0.25, 0.3) is 0 Å². The molecule has 0 aromatic heterocycles. The van der Waals surface area contributed by atoms with Crippen LogP contribution in [0.3, 0.4) is 0 Å². The molecular weight excluding hydrogens is 194 g/mol. The molecule has 5 nitrogen and oxygen atoms in total. The van der Waals surface area contributed by atoms with E-state index >= 15 is 0 Å². The average molecular weight is 211 g/mol. The number of amides is 3. The maximum absolute atomic E-state index is 11.8. The molecule has 84 valence electrons. The molecule has 3 amide bonds. The molecule has 2 N–H and O–H groups in total. The van der Waals surface area contributed by atoms with Crippen molar-refractivity contribution in [2.45, 2.75) is 37.8 Å². The summed E-state index contributed by atoms with van der Waals surface area (Å²) in [4.78, 5) is 24.9. The summed E-state index contributed by atoms with van der Waals surface area (Å²) in [7, 11) is 1.61. The van der Waals surface area contributed by atoms with Gasteiger partial charge in [0.15, 0.2) is 0 Å². The lowest BCUT2D eigenvalue weighted by atomic mass is 10.2. The lowest BCUT2D eigenvalue weighted by Crippen LogP contribution is -2.49. The first-order valence-electron chi connectivity index (χ1n) is 5.51. The quantitative estimate of drug-likeness (QED) is 0.679. The number of hydrogen-bond donors (Lipinski definition) is 2. The van der Waals surface area contributed by atoms with E-state index in [1.807, 2.05) is 0 Å². The molecular formula is C10H17N3O2. The summed E-state index contributed by atoms with van der Waals surface area (Å²) in [6, 6.07) is 0.000729. The van der Waals surface area contributed by atoms with Gasteiger partial charge >= 0.3 is 6.03 Å². The minimum absolute atomic E-state index is 0.0570. The van der Waals surface area contributed by atoms with Crippen molar-refractivity contribution in [3.05, 3.63) is 0 Å². The van der Waals surface area contributed by atoms with Crippen LogP contribution in [0.15, 0.2) is 0 Å². The molecule has 0 bridgehead atoms. The van der Waals surface area contributed by atoms with Crippen molar-refractivity contribution in [2.75, 3.05) is 13.6 Å². The normalized spacial score (nSPS) is 25.1. The van der Waals surface area contributed by atoms with Crippen molar-refractivity contribution >= 4 is 11.9 Å². The Morgan fingerprint density at radius 1 is 1.27 bits per heavy atom. The third kappa shape index (κ3) is 2.22. The van der Waals surface area contributed by atoms with Gasteiger partial charge in [0.1, 0.15) is 6.04 Å². The van der Waals surface area contributed by atoms with Gasteiger partial charge in [0.05, 0.1) is 0 Å². The second-order valence-electron chi connectivity index (χ2n) is 4.19. The van der Waals surface area contributed by atoms with E-state index in [0.29, 0.717) is 12.6 Å². The number of nitrogens with one attached hydrogen (secondary N) is 2. The molecule has 1 saturated carbocycles. The van der Waals surface area contributed by atoms with Crippen molar-refractivity contribution < 1.29 is 9.59 Å². The molecule has 15 heavy (non-hydrogen) atoms. The lowest BCUT2D eigenvalue weighted by molar-refractivity contribution is -0.124. The Bertz CT molecular complexity index is 276. The van der Waals surface area contributed by atoms with E-state index < -0.39 is 0 Å². The highest BCUT2D eigenvalue weighted by atomic mass is 16.2. The number of carbonyl (C=O) groups is 2. The Morgan fingerprint density at radius 2 is 2.00 bits per heavy atom. The van der Waals surface area contributed by atoms with Crippen molar-refractivity contribution in [1.29, 1.82) is 0 Å². The summed E-state index contributed by atoms with van der Waals surface area (Å²) in [6.07, 6.45) is 3.84. The molecule has 0 aromatic carbocycles. The van der Waals surface area contributed by atoms with E-state index in [1.54, 1.807) is 11.9 Å². The molecule has 2 rings (SSSR count). The van der Waals surface area contributed by atoms with Gasteiger partial charge in [0, 0.05) is 19.6 Å². The Hall–Kier alpha value is -1.26. The fourth-order valence-electron chi connectivity index (χ4n) is 1.93. The van der Waals surface area contributed by atoms with E-state index in [9.17, 15) is 9.59 Å². The summed E-state index contributed by atoms with van der Waals surface area (Å²) in [5.74, 6) is -0.0570. The molecule has 0 radical (unpaired) electrons. The Labute approximate surface area is 89.2 Å². The summed E-state index contributed by atoms with van der Waals surface area (Å²) in [5, 5.41) is 5.51. The second kappa shape index (κ2) is 4.08. The van der Waals surface area contributed by atoms with Crippen LogP contribution in [0, 0.1) is 0 Å². The van der Waals surface area contributed by atoms with Crippen molar-refractivity contribution in [3.63, 3.8) is 0 Å². The summed E-state index contributed by atoms with van der Waals surface area (Å²) in [6.45, 7) is 0.691. The number of carbonyl (C=O) groups excluding carboxylic acids is 2. The van der Waals surface area contributed by atoms with Gasteiger partial charge in [-0.3, -0.25) is 4.79 Å². The Balaban J connectivity index is 1.93. The minimum atomic E-state index is -0.270. The summed E-state index contributed by atoms with van der Waals surface area (Å²) >= 11 is 0. The highest BCUT2D eigenvalue weighted by molar-refractivity contribution is 5.87. The molecule has 2 aliphatic rings. The van der Waals surface area contributed by atoms with Crippen LogP contribution in [0.25, 0.3) is 0 Å². The fraction of sp³-hybridized carbons (Fsp3) is 0.800. The Kier molecular flexibility index (Phi) is 2.79. The van der Waals surface area contributed by atoms with Crippen LogP contribution < -0.4 is 10.6 Å². The van der Waals surface area contributed by atoms with E-state index in [2.05, 4.69) is 10.6 Å². The maximum atomic E-state index is 11.8. The predicted octanol–water partition coefficient (Wildman–Crippen LogP) is 0.0688. The number of hydrogen-bond acceptors (Lipinski definition) is 2. The standard InChI is InChI=1S/C10H17N3O2/c1-11-9(14)8-3-2-6-13(8)10(15)12-7-4-5-7/h7-8H,2-6H2,1H3,(H,11,14)(H,12,15). The SMILES string of the molecule is CNC(=O)C1CCCN1C(=O)NC1CC1. The van der Waals surface area contributed by atoms with E-state index in [4.69, 9.17) is 0 Å². The average Bonchev–Trinajstić information content (AvgIpc) is 2.90. The number of likely N-dealkylation sites (tertiary alicyclic amines) is 1. The van der Waals surface area contributed by atoms with Crippen LogP contribution >= 0.6 is 0 Å². The molecule has 5 heteroatoms. The molecule has 1 aliphatic heterocycles. The monoisotopic (exact) mass is 211 g/mol. The van der Waals surface area contributed by atoms with Gasteiger partial charge in [0.2, 0.25) is 5.91 Å². The lowest BCUT2D eigenvalue weighted by Gasteiger charge is -2.23. The summed E-state index contributed by atoms with van der Waals surface area (Å²) < 4.78 is 0. The summed E-state index contributed by atoms with van der Waals surface area (Å²) in [5.41, 5.74) is 0. The number of urea groups is 1. The molecule has 2 fully saturated rings. The van der Waals surface area contributed by atoms with Crippen LogP contribution in [-0.4, -0.2) is 42.5 Å². The van der Waals surface area contributed by atoms with Gasteiger partial charge in [-0.25, -0.2) is 4.79 Å². The zero-order valence-corrected chi connectivity index (χ0v) is 8.95. The van der Waals surface area contributed by atoms with Gasteiger partial charge in [-0.05, 0) is 25.7 Å². The zero-order chi connectivity index (χ0) is 10.8. The minimum Gasteiger partial charge on any atom is -0.357 e. The largest absolute Gasteiger partial charge is 0.357 e. The van der Waals surface area contributed by atoms with Crippen LogP contribution in [0.5, 0.6) is 0 Å². The molecule has 0 aromatic rings. The number of likely N-dealkylation sites (N-methyl/N-ethyl adjacent to an activating group) is 1. The predicted molar refractivity (Wildman–Crippen MR) is 55.3 cm³/mol. The van der Waals surface area contributed by atoms with Crippen molar-refractivity contribution in [2.24, 2.45) is 0 Å². The second-order valence-corrected chi connectivity index (χ2v) is 4.19. The highest BCUT2D eigenvalue weighted by Crippen LogP contribution is 2.22. The number of rotatable bonds is 2. The zero-order valence-electron chi connectivity index (χ0n) is 8.95. The van der Waals surface area contributed by atoms with E-state index in [-0.39, 0.29) is 18.0 Å². The first-order chi connectivity index (χ1) is 7.22. The molecule has 1 unspecified atom stereocenters. The van der Waals surface area contributed by atoms with Gasteiger partial charge in [-0.1, -0.05) is 0 Å². The van der Waals surface area contributed by atoms with Gasteiger partial charge in [-0.15, -0.1) is 0 Å². The maximum Gasteiger partial charge on any atom is 0.318 e. The van der Waals surface area contributed by atoms with Crippen molar-refractivity contribution in [3.8, 4) is 0 Å². The Morgan fingerprint density at radius 3 is 2.60 bits per heavy atom. The van der Waals surface area contributed by atoms with Gasteiger partial charge in [-0.2, -0.15) is 0 Å². The smallest absolute Gasteiger partial charge is 0.318 e. The molecule has 1 heterocycles. The third-order valence-electron chi connectivity index (χ3n) is 2.97. The molecule has 1 atom stereocenters.